The fraction of sp³-hybridized carbons (Fsp3) is 0.333. The van der Waals surface area contributed by atoms with Crippen molar-refractivity contribution in [3.05, 3.63) is 28.8 Å². The summed E-state index contributed by atoms with van der Waals surface area (Å²) in [4.78, 5) is 21.6. The van der Waals surface area contributed by atoms with Gasteiger partial charge >= 0.3 is 5.97 Å². The van der Waals surface area contributed by atoms with E-state index in [1.165, 1.54) is 18.2 Å². The van der Waals surface area contributed by atoms with Crippen molar-refractivity contribution in [2.45, 2.75) is 12.8 Å². The van der Waals surface area contributed by atoms with Gasteiger partial charge in [-0.15, -0.1) is 0 Å². The number of benzene rings is 1. The molecule has 0 bridgehead atoms. The molecule has 6 heteroatoms. The summed E-state index contributed by atoms with van der Waals surface area (Å²) in [5.41, 5.74) is 0.109. The molecule has 5 nitrogen and oxygen atoms in total. The van der Waals surface area contributed by atoms with Gasteiger partial charge in [0.15, 0.2) is 0 Å². The number of carboxylic acid groups (broad SMARTS) is 1. The van der Waals surface area contributed by atoms with Crippen LogP contribution in [-0.4, -0.2) is 30.6 Å². The first kappa shape index (κ1) is 14.3. The minimum atomic E-state index is -1.04. The molecule has 0 aliphatic rings. The Kier molecular flexibility index (Phi) is 5.45. The number of rotatable bonds is 6. The van der Waals surface area contributed by atoms with Crippen molar-refractivity contribution in [2.24, 2.45) is 0 Å². The van der Waals surface area contributed by atoms with E-state index in [0.29, 0.717) is 25.2 Å². The molecule has 1 rings (SSSR count). The Balaban J connectivity index is 2.48. The predicted octanol–water partition coefficient (Wildman–Crippen LogP) is 1.94. The van der Waals surface area contributed by atoms with Gasteiger partial charge in [0.05, 0.1) is 17.2 Å². The molecule has 0 aliphatic heterocycles. The molecule has 0 aromatic heterocycles. The van der Waals surface area contributed by atoms with Gasteiger partial charge in [0.2, 0.25) is 5.91 Å². The lowest BCUT2D eigenvalue weighted by Crippen LogP contribution is -2.18. The van der Waals surface area contributed by atoms with Crippen LogP contribution in [0.25, 0.3) is 0 Å². The second kappa shape index (κ2) is 6.86. The highest BCUT2D eigenvalue weighted by Crippen LogP contribution is 2.25. The van der Waals surface area contributed by atoms with Gasteiger partial charge in [-0.2, -0.15) is 0 Å². The molecule has 1 aromatic carbocycles. The van der Waals surface area contributed by atoms with Crippen molar-refractivity contribution in [3.63, 3.8) is 0 Å². The van der Waals surface area contributed by atoms with E-state index in [2.05, 4.69) is 5.32 Å². The lowest BCUT2D eigenvalue weighted by Gasteiger charge is -2.08. The van der Waals surface area contributed by atoms with Crippen LogP contribution in [0.5, 0.6) is 5.75 Å². The second-order valence-corrected chi connectivity index (χ2v) is 3.98. The van der Waals surface area contributed by atoms with Gasteiger partial charge in [-0.1, -0.05) is 11.6 Å². The number of carbonyl (C=O) groups is 2. The van der Waals surface area contributed by atoms with E-state index >= 15 is 0 Å². The summed E-state index contributed by atoms with van der Waals surface area (Å²) in [5, 5.41) is 11.5. The number of ether oxygens (including phenoxy) is 1. The van der Waals surface area contributed by atoms with Crippen molar-refractivity contribution in [3.8, 4) is 5.75 Å². The Bertz CT molecular complexity index is 448. The molecule has 1 amide bonds. The van der Waals surface area contributed by atoms with Crippen LogP contribution in [0, 0.1) is 0 Å². The van der Waals surface area contributed by atoms with Gasteiger partial charge < -0.3 is 15.2 Å². The lowest BCUT2D eigenvalue weighted by atomic mass is 10.2. The number of aromatic carboxylic acids is 1. The number of amides is 1. The number of hydrogen-bond acceptors (Lipinski definition) is 3. The van der Waals surface area contributed by atoms with Crippen LogP contribution in [0.15, 0.2) is 18.2 Å². The summed E-state index contributed by atoms with van der Waals surface area (Å²) in [5.74, 6) is -0.674. The van der Waals surface area contributed by atoms with Gasteiger partial charge in [0.1, 0.15) is 5.75 Å². The monoisotopic (exact) mass is 271 g/mol. The summed E-state index contributed by atoms with van der Waals surface area (Å²) in [6, 6.07) is 4.26. The molecule has 2 N–H and O–H groups in total. The largest absolute Gasteiger partial charge is 0.492 e. The van der Waals surface area contributed by atoms with Crippen molar-refractivity contribution in [1.82, 2.24) is 5.32 Å². The van der Waals surface area contributed by atoms with Gasteiger partial charge in [0, 0.05) is 13.5 Å². The molecule has 0 radical (unpaired) electrons. The average molecular weight is 272 g/mol. The first-order valence-electron chi connectivity index (χ1n) is 5.41. The molecule has 0 heterocycles. The Morgan fingerprint density at radius 1 is 1.44 bits per heavy atom. The molecule has 0 spiro atoms. The molecule has 0 saturated heterocycles. The van der Waals surface area contributed by atoms with E-state index in [9.17, 15) is 9.59 Å². The van der Waals surface area contributed by atoms with E-state index in [1.54, 1.807) is 7.05 Å². The molecule has 0 fully saturated rings. The number of carbonyl (C=O) groups excluding carboxylic acids is 1. The van der Waals surface area contributed by atoms with Gasteiger partial charge in [-0.05, 0) is 24.6 Å². The van der Waals surface area contributed by atoms with Crippen LogP contribution in [0.4, 0.5) is 0 Å². The molecule has 0 saturated carbocycles. The van der Waals surface area contributed by atoms with Crippen LogP contribution >= 0.6 is 11.6 Å². The Morgan fingerprint density at radius 2 is 2.17 bits per heavy atom. The van der Waals surface area contributed by atoms with Gasteiger partial charge in [0.25, 0.3) is 0 Å². The normalized spacial score (nSPS) is 9.89. The number of carboxylic acids is 1. The van der Waals surface area contributed by atoms with E-state index in [1.807, 2.05) is 0 Å². The van der Waals surface area contributed by atoms with Crippen LogP contribution < -0.4 is 10.1 Å². The highest BCUT2D eigenvalue weighted by molar-refractivity contribution is 6.32. The van der Waals surface area contributed by atoms with Crippen molar-refractivity contribution in [2.75, 3.05) is 13.7 Å². The Labute approximate surface area is 110 Å². The van der Waals surface area contributed by atoms with E-state index in [-0.39, 0.29) is 16.5 Å². The van der Waals surface area contributed by atoms with Crippen molar-refractivity contribution < 1.29 is 19.4 Å². The summed E-state index contributed by atoms with van der Waals surface area (Å²) in [6.45, 7) is 0.347. The molecular weight excluding hydrogens is 258 g/mol. The fourth-order valence-corrected chi connectivity index (χ4v) is 1.53. The first-order valence-corrected chi connectivity index (χ1v) is 5.78. The summed E-state index contributed by atoms with van der Waals surface area (Å²) >= 11 is 5.87. The lowest BCUT2D eigenvalue weighted by molar-refractivity contribution is -0.120. The van der Waals surface area contributed by atoms with E-state index < -0.39 is 5.97 Å². The highest BCUT2D eigenvalue weighted by atomic mass is 35.5. The number of nitrogens with one attached hydrogen (secondary N) is 1. The first-order chi connectivity index (χ1) is 8.54. The smallest absolute Gasteiger partial charge is 0.335 e. The molecule has 18 heavy (non-hydrogen) atoms. The van der Waals surface area contributed by atoms with Crippen LogP contribution in [0.3, 0.4) is 0 Å². The molecule has 0 atom stereocenters. The standard InChI is InChI=1S/C12H14ClNO4/c1-14-11(15)3-2-6-18-10-5-4-8(12(16)17)7-9(10)13/h4-5,7H,2-3,6H2,1H3,(H,14,15)(H,16,17). The maximum absolute atomic E-state index is 11.0. The number of halogens is 1. The quantitative estimate of drug-likeness (QED) is 0.776. The zero-order chi connectivity index (χ0) is 13.5. The van der Waals surface area contributed by atoms with Crippen LogP contribution in [0.1, 0.15) is 23.2 Å². The predicted molar refractivity (Wildman–Crippen MR) is 67.2 cm³/mol. The van der Waals surface area contributed by atoms with Crippen LogP contribution in [0.2, 0.25) is 5.02 Å². The highest BCUT2D eigenvalue weighted by Gasteiger charge is 2.08. The van der Waals surface area contributed by atoms with E-state index in [4.69, 9.17) is 21.4 Å². The van der Waals surface area contributed by atoms with Crippen molar-refractivity contribution in [1.29, 1.82) is 0 Å². The van der Waals surface area contributed by atoms with Gasteiger partial charge in [-0.25, -0.2) is 4.79 Å². The number of hydrogen-bond donors (Lipinski definition) is 2. The zero-order valence-corrected chi connectivity index (χ0v) is 10.7. The molecular formula is C12H14ClNO4. The summed E-state index contributed by atoms with van der Waals surface area (Å²) in [7, 11) is 1.57. The average Bonchev–Trinajstić information content (AvgIpc) is 2.35. The molecule has 1 aromatic rings. The topological polar surface area (TPSA) is 75.6 Å². The summed E-state index contributed by atoms with van der Waals surface area (Å²) in [6.07, 6.45) is 0.942. The maximum Gasteiger partial charge on any atom is 0.335 e. The third-order valence-corrected chi connectivity index (χ3v) is 2.56. The maximum atomic E-state index is 11.0. The Hall–Kier alpha value is -1.75. The SMILES string of the molecule is CNC(=O)CCCOc1ccc(C(=O)O)cc1Cl. The van der Waals surface area contributed by atoms with E-state index in [0.717, 1.165) is 0 Å². The third-order valence-electron chi connectivity index (χ3n) is 2.26. The minimum Gasteiger partial charge on any atom is -0.492 e. The molecule has 0 unspecified atom stereocenters. The summed E-state index contributed by atoms with van der Waals surface area (Å²) < 4.78 is 5.36. The van der Waals surface area contributed by atoms with Gasteiger partial charge in [-0.3, -0.25) is 4.79 Å². The minimum absolute atomic E-state index is 0.0501. The molecule has 0 aliphatic carbocycles. The third kappa shape index (κ3) is 4.25. The molecule has 98 valence electrons. The second-order valence-electron chi connectivity index (χ2n) is 3.58. The fourth-order valence-electron chi connectivity index (χ4n) is 1.29. The Morgan fingerprint density at radius 3 is 2.72 bits per heavy atom. The van der Waals surface area contributed by atoms with Crippen molar-refractivity contribution >= 4 is 23.5 Å². The zero-order valence-electron chi connectivity index (χ0n) is 9.90. The van der Waals surface area contributed by atoms with Crippen LogP contribution in [-0.2, 0) is 4.79 Å².